The zero-order valence-corrected chi connectivity index (χ0v) is 41.8. The van der Waals surface area contributed by atoms with Gasteiger partial charge in [-0.05, 0) is 120 Å². The molecule has 1 amide bonds. The average molecular weight is 950 g/mol. The minimum absolute atomic E-state index is 0.00926. The number of esters is 1. The van der Waals surface area contributed by atoms with E-state index in [0.29, 0.717) is 69.1 Å². The van der Waals surface area contributed by atoms with Crippen molar-refractivity contribution in [3.8, 4) is 0 Å². The van der Waals surface area contributed by atoms with Crippen LogP contribution in [0.15, 0.2) is 70.4 Å². The van der Waals surface area contributed by atoms with E-state index >= 15 is 0 Å². The van der Waals surface area contributed by atoms with Gasteiger partial charge in [0.05, 0.1) is 24.6 Å². The first-order valence-corrected chi connectivity index (χ1v) is 25.0. The molecular formula is C54H79NO13. The van der Waals surface area contributed by atoms with Crippen LogP contribution in [0.4, 0.5) is 0 Å². The van der Waals surface area contributed by atoms with E-state index in [1.165, 1.54) is 12.0 Å². The van der Waals surface area contributed by atoms with E-state index in [1.807, 2.05) is 64.1 Å². The van der Waals surface area contributed by atoms with Crippen molar-refractivity contribution in [3.05, 3.63) is 71.8 Å². The molecule has 5 rings (SSSR count). The number of cyclic esters (lactones) is 1. The highest BCUT2D eigenvalue weighted by molar-refractivity contribution is 6.39. The number of furan rings is 1. The normalized spacial score (nSPS) is 39.1. The van der Waals surface area contributed by atoms with Crippen LogP contribution in [-0.2, 0) is 42.9 Å². The lowest BCUT2D eigenvalue weighted by Crippen LogP contribution is -2.60. The lowest BCUT2D eigenvalue weighted by molar-refractivity contribution is -0.264. The van der Waals surface area contributed by atoms with E-state index in [9.17, 15) is 39.3 Å². The zero-order chi connectivity index (χ0) is 49.9. The van der Waals surface area contributed by atoms with Gasteiger partial charge in [0.1, 0.15) is 35.9 Å². The summed E-state index contributed by atoms with van der Waals surface area (Å²) in [6, 6.07) is 2.52. The van der Waals surface area contributed by atoms with E-state index in [4.69, 9.17) is 23.4 Å². The van der Waals surface area contributed by atoms with Gasteiger partial charge in [-0.3, -0.25) is 19.2 Å². The summed E-state index contributed by atoms with van der Waals surface area (Å²) in [6.45, 7) is 12.8. The van der Waals surface area contributed by atoms with Crippen molar-refractivity contribution < 1.29 is 62.7 Å². The van der Waals surface area contributed by atoms with Crippen LogP contribution in [0.2, 0.25) is 0 Å². The molecule has 0 aromatic carbocycles. The molecule has 68 heavy (non-hydrogen) atoms. The molecule has 15 atom stereocenters. The van der Waals surface area contributed by atoms with Crippen LogP contribution in [0.3, 0.4) is 0 Å². The Labute approximate surface area is 403 Å². The van der Waals surface area contributed by atoms with Crippen molar-refractivity contribution >= 4 is 29.2 Å². The first kappa shape index (κ1) is 54.9. The third kappa shape index (κ3) is 13.8. The molecule has 1 saturated carbocycles. The van der Waals surface area contributed by atoms with Crippen LogP contribution in [-0.4, -0.2) is 119 Å². The Hall–Kier alpha value is -4.05. The summed E-state index contributed by atoms with van der Waals surface area (Å²) < 4.78 is 29.6. The predicted octanol–water partition coefficient (Wildman–Crippen LogP) is 7.54. The minimum Gasteiger partial charge on any atom is -0.469 e. The quantitative estimate of drug-likeness (QED) is 0.144. The number of allylic oxidation sites excluding steroid dienone is 7. The van der Waals surface area contributed by atoms with Crippen LogP contribution < -0.4 is 0 Å². The Bertz CT molecular complexity index is 1990. The van der Waals surface area contributed by atoms with Crippen LogP contribution in [0.25, 0.3) is 0 Å². The molecule has 14 heteroatoms. The molecule has 1 aliphatic carbocycles. The summed E-state index contributed by atoms with van der Waals surface area (Å²) in [4.78, 5) is 72.3. The predicted molar refractivity (Wildman–Crippen MR) is 256 cm³/mol. The van der Waals surface area contributed by atoms with E-state index in [-0.39, 0.29) is 60.7 Å². The standard InChI is InChI=1S/C54H79NO13/c1-32-16-11-10-12-17-33(2)41(45-19-15-25-66-45)30-40-22-20-38(7)54(63,68-40)51(60)52(61)55-24-14-13-18-42(55)53(62)67-46(35(4)28-39-21-23-43(56)47(29-39)64-8)31-44(57)34(3)27-37(6)49(59)50(65-9)48(58)36(5)26-32/h10-12,15-17,19,25,27,32,34-36,38-43,46-47,49-50,56,59,63H,13-14,18,20-24,26,28-31H2,1-9H3/b12-10+,16-11+,33-17+,37-27+/t32?,34-,35-,36?,38-,39?,40+,41?,42?,43-,46?,47-,49?,50+,54-/m1/s1. The molecule has 7 unspecified atom stereocenters. The molecule has 4 heterocycles. The number of ketones is 3. The molecule has 4 aliphatic rings. The number of piperidine rings is 1. The second-order valence-corrected chi connectivity index (χ2v) is 20.4. The molecule has 0 radical (unpaired) electrons. The molecule has 3 fully saturated rings. The molecule has 2 saturated heterocycles. The Morgan fingerprint density at radius 1 is 0.882 bits per heavy atom. The van der Waals surface area contributed by atoms with E-state index in [1.54, 1.807) is 46.3 Å². The number of carbonyl (C=O) groups excluding carboxylic acids is 5. The molecule has 0 spiro atoms. The second kappa shape index (κ2) is 25.2. The average Bonchev–Trinajstić information content (AvgIpc) is 3.86. The molecule has 1 aromatic heterocycles. The molecule has 14 nitrogen and oxygen atoms in total. The van der Waals surface area contributed by atoms with Crippen LogP contribution >= 0.6 is 0 Å². The summed E-state index contributed by atoms with van der Waals surface area (Å²) >= 11 is 0. The van der Waals surface area contributed by atoms with E-state index in [2.05, 4.69) is 0 Å². The number of rotatable bonds is 6. The maximum atomic E-state index is 14.4. The smallest absolute Gasteiger partial charge is 0.329 e. The number of hydrogen-bond acceptors (Lipinski definition) is 13. The summed E-state index contributed by atoms with van der Waals surface area (Å²) in [5.41, 5.74) is 1.33. The SMILES string of the molecule is CO[C@H]1C(=O)C(C)CC(C)/C=C/C=C/C=C(\C)C(c2ccco2)C[C@@H]2CC[C@@H](C)[C@@](O)(O2)C(=O)C(=O)N2CCCCC2C(=O)OC([C@H](C)CC2CC[C@@H](O)[C@H](OC)C2)CC(=O)[C@H](C)/C=C(\C)C1O. The Kier molecular flexibility index (Phi) is 20.3. The van der Waals surface area contributed by atoms with Gasteiger partial charge in [0.15, 0.2) is 5.78 Å². The fraction of sp³-hybridized carbons (Fsp3) is 0.685. The van der Waals surface area contributed by atoms with Crippen molar-refractivity contribution in [2.45, 2.75) is 180 Å². The van der Waals surface area contributed by atoms with Crippen LogP contribution in [0.1, 0.15) is 137 Å². The lowest BCUT2D eigenvalue weighted by atomic mass is 9.78. The van der Waals surface area contributed by atoms with Gasteiger partial charge in [-0.1, -0.05) is 76.6 Å². The second-order valence-electron chi connectivity index (χ2n) is 20.4. The third-order valence-corrected chi connectivity index (χ3v) is 15.1. The first-order chi connectivity index (χ1) is 32.3. The maximum absolute atomic E-state index is 14.4. The summed E-state index contributed by atoms with van der Waals surface area (Å²) in [7, 11) is 2.95. The Balaban J connectivity index is 1.49. The van der Waals surface area contributed by atoms with E-state index in [0.717, 1.165) is 12.0 Å². The van der Waals surface area contributed by atoms with Crippen LogP contribution in [0.5, 0.6) is 0 Å². The number of ether oxygens (including phenoxy) is 4. The monoisotopic (exact) mass is 950 g/mol. The van der Waals surface area contributed by atoms with Gasteiger partial charge in [-0.2, -0.15) is 0 Å². The van der Waals surface area contributed by atoms with Crippen molar-refractivity contribution in [2.24, 2.45) is 35.5 Å². The number of carbonyl (C=O) groups is 5. The van der Waals surface area contributed by atoms with Crippen molar-refractivity contribution in [2.75, 3.05) is 20.8 Å². The number of hydrogen-bond donors (Lipinski definition) is 3. The molecule has 2 bridgehead atoms. The Morgan fingerprint density at radius 2 is 1.63 bits per heavy atom. The largest absolute Gasteiger partial charge is 0.469 e. The number of nitrogens with zero attached hydrogens (tertiary/aromatic N) is 1. The molecule has 378 valence electrons. The summed E-state index contributed by atoms with van der Waals surface area (Å²) in [5, 5.41) is 34.1. The van der Waals surface area contributed by atoms with Crippen molar-refractivity contribution in [1.82, 2.24) is 4.90 Å². The molecular weight excluding hydrogens is 871 g/mol. The van der Waals surface area contributed by atoms with E-state index < -0.39 is 77.8 Å². The van der Waals surface area contributed by atoms with Gasteiger partial charge in [0, 0.05) is 50.9 Å². The van der Waals surface area contributed by atoms with Gasteiger partial charge in [0.25, 0.3) is 11.7 Å². The molecule has 3 N–H and O–H groups in total. The summed E-state index contributed by atoms with van der Waals surface area (Å²) in [6.07, 6.45) is 13.3. The number of amides is 1. The highest BCUT2D eigenvalue weighted by Crippen LogP contribution is 2.40. The maximum Gasteiger partial charge on any atom is 0.329 e. The van der Waals surface area contributed by atoms with Gasteiger partial charge in [-0.15, -0.1) is 0 Å². The zero-order valence-electron chi connectivity index (χ0n) is 41.8. The summed E-state index contributed by atoms with van der Waals surface area (Å²) in [5.74, 6) is -7.63. The number of aliphatic hydroxyl groups excluding tert-OH is 2. The van der Waals surface area contributed by atoms with Crippen molar-refractivity contribution in [3.63, 3.8) is 0 Å². The lowest BCUT2D eigenvalue weighted by Gasteiger charge is -2.42. The third-order valence-electron chi connectivity index (χ3n) is 15.1. The molecule has 3 aliphatic heterocycles. The van der Waals surface area contributed by atoms with Crippen molar-refractivity contribution in [1.29, 1.82) is 0 Å². The van der Waals surface area contributed by atoms with Crippen LogP contribution in [0, 0.1) is 35.5 Å². The van der Waals surface area contributed by atoms with Gasteiger partial charge < -0.3 is 43.6 Å². The topological polar surface area (TPSA) is 199 Å². The molecule has 1 aromatic rings. The number of methoxy groups -OCH3 is 2. The number of aliphatic hydroxyl groups is 3. The fourth-order valence-electron chi connectivity index (χ4n) is 10.7. The number of fused-ring (bicyclic) bond motifs is 3. The number of Topliss-reactive ketones (excluding diaryl/α,β-unsaturated/α-hetero) is 3. The highest BCUT2D eigenvalue weighted by Gasteiger charge is 2.53. The Morgan fingerprint density at radius 3 is 2.32 bits per heavy atom. The minimum atomic E-state index is -2.45. The highest BCUT2D eigenvalue weighted by atomic mass is 16.6. The fourth-order valence-corrected chi connectivity index (χ4v) is 10.7. The van der Waals surface area contributed by atoms with Gasteiger partial charge in [0.2, 0.25) is 5.79 Å². The first-order valence-electron chi connectivity index (χ1n) is 25.0. The van der Waals surface area contributed by atoms with Gasteiger partial charge in [-0.25, -0.2) is 4.79 Å². The van der Waals surface area contributed by atoms with Gasteiger partial charge >= 0.3 is 5.97 Å².